The lowest BCUT2D eigenvalue weighted by molar-refractivity contribution is -0.136. The molecule has 3 heterocycles. The summed E-state index contributed by atoms with van der Waals surface area (Å²) in [7, 11) is 1.53. The molecule has 3 aromatic carbocycles. The van der Waals surface area contributed by atoms with Gasteiger partial charge < -0.3 is 34.3 Å². The maximum atomic E-state index is 13.4. The van der Waals surface area contributed by atoms with Crippen LogP contribution in [0.25, 0.3) is 0 Å². The minimum Gasteiger partial charge on any atom is -0.493 e. The third kappa shape index (κ3) is 9.12. The van der Waals surface area contributed by atoms with Crippen molar-refractivity contribution in [3.05, 3.63) is 82.4 Å². The second kappa shape index (κ2) is 18.6. The highest BCUT2D eigenvalue weighted by Gasteiger charge is 2.45. The van der Waals surface area contributed by atoms with Gasteiger partial charge in [0.1, 0.15) is 6.04 Å². The maximum Gasteiger partial charge on any atom is 0.264 e. The Morgan fingerprint density at radius 2 is 1.44 bits per heavy atom. The zero-order chi connectivity index (χ0) is 40.5. The van der Waals surface area contributed by atoms with Gasteiger partial charge in [-0.05, 0) is 55.3 Å². The number of imide groups is 3. The predicted molar refractivity (Wildman–Crippen MR) is 202 cm³/mol. The average molecular weight is 786 g/mol. The number of anilines is 2. The van der Waals surface area contributed by atoms with Gasteiger partial charge in [-0.3, -0.25) is 48.7 Å². The molecule has 17 heteroatoms. The van der Waals surface area contributed by atoms with Crippen LogP contribution < -0.4 is 25.4 Å². The number of nitrogens with one attached hydrogen (secondary N) is 3. The molecule has 7 amide bonds. The van der Waals surface area contributed by atoms with Gasteiger partial charge in [0.15, 0.2) is 11.5 Å². The van der Waals surface area contributed by atoms with Gasteiger partial charge in [-0.2, -0.15) is 0 Å². The number of ether oxygens (including phenoxy) is 5. The van der Waals surface area contributed by atoms with Crippen LogP contribution in [0, 0.1) is 0 Å². The molecule has 3 aliphatic heterocycles. The molecule has 0 radical (unpaired) electrons. The largest absolute Gasteiger partial charge is 0.493 e. The van der Waals surface area contributed by atoms with Gasteiger partial charge in [0.05, 0.1) is 94.3 Å². The highest BCUT2D eigenvalue weighted by molar-refractivity contribution is 6.26. The van der Waals surface area contributed by atoms with E-state index in [0.717, 1.165) is 9.80 Å². The minimum absolute atomic E-state index is 0.0109. The predicted octanol–water partition coefficient (Wildman–Crippen LogP) is 2.78. The molecule has 3 N–H and O–H groups in total. The zero-order valence-corrected chi connectivity index (χ0v) is 31.6. The summed E-state index contributed by atoms with van der Waals surface area (Å²) in [5.74, 6) is -2.59. The third-order valence-electron chi connectivity index (χ3n) is 9.39. The summed E-state index contributed by atoms with van der Waals surface area (Å²) in [6.45, 7) is 4.05. The normalized spacial score (nSPS) is 16.1. The molecule has 1 atom stereocenters. The van der Waals surface area contributed by atoms with E-state index in [9.17, 15) is 33.6 Å². The van der Waals surface area contributed by atoms with Crippen LogP contribution in [-0.4, -0.2) is 117 Å². The van der Waals surface area contributed by atoms with Crippen LogP contribution in [0.2, 0.25) is 0 Å². The Kier molecular flexibility index (Phi) is 13.2. The molecule has 17 nitrogen and oxygen atoms in total. The van der Waals surface area contributed by atoms with Gasteiger partial charge in [0.25, 0.3) is 23.6 Å². The summed E-state index contributed by atoms with van der Waals surface area (Å²) in [6, 6.07) is 13.7. The molecular formula is C40H43N5O12. The van der Waals surface area contributed by atoms with E-state index in [0.29, 0.717) is 35.9 Å². The number of piperidine rings is 1. The van der Waals surface area contributed by atoms with E-state index in [1.54, 1.807) is 48.5 Å². The summed E-state index contributed by atoms with van der Waals surface area (Å²) in [5, 5.41) is 8.03. The molecule has 0 saturated carbocycles. The molecule has 0 aromatic heterocycles. The molecule has 3 aliphatic rings. The summed E-state index contributed by atoms with van der Waals surface area (Å²) >= 11 is 0. The topological polar surface area (TPSA) is 208 Å². The Morgan fingerprint density at radius 1 is 0.772 bits per heavy atom. The molecule has 1 fully saturated rings. The van der Waals surface area contributed by atoms with Crippen LogP contribution >= 0.6 is 0 Å². The van der Waals surface area contributed by atoms with Gasteiger partial charge >= 0.3 is 0 Å². The standard InChI is InChI=1S/C40H43N5O12/c1-3-57-31-22-24(10-12-30(31)53-2)23-44-37(49)25-6-5-9-28(35(25)39(44)51)42-33(47)14-16-54-18-20-56-21-19-55-17-15-41-27-8-4-7-26-34(27)40(52)45(38(26)50)29-11-13-32(46)43-36(29)48/h4-10,12,22,29,41H,3,11,13-21,23H2,1-2H3,(H,42,47)(H,43,46,48). The monoisotopic (exact) mass is 785 g/mol. The van der Waals surface area contributed by atoms with Gasteiger partial charge in [-0.1, -0.05) is 18.2 Å². The molecule has 0 aliphatic carbocycles. The number of carbonyl (C=O) groups is 7. The zero-order valence-electron chi connectivity index (χ0n) is 31.6. The summed E-state index contributed by atoms with van der Waals surface area (Å²) < 4.78 is 27.6. The first kappa shape index (κ1) is 40.5. The van der Waals surface area contributed by atoms with Crippen molar-refractivity contribution in [2.45, 2.75) is 38.8 Å². The second-order valence-electron chi connectivity index (χ2n) is 13.1. The first-order valence-corrected chi connectivity index (χ1v) is 18.5. The van der Waals surface area contributed by atoms with Crippen LogP contribution in [-0.2, 0) is 35.1 Å². The van der Waals surface area contributed by atoms with Crippen molar-refractivity contribution in [3.63, 3.8) is 0 Å². The Bertz CT molecular complexity index is 2070. The fraction of sp³-hybridized carbons (Fsp3) is 0.375. The van der Waals surface area contributed by atoms with E-state index in [1.807, 2.05) is 6.92 Å². The maximum absolute atomic E-state index is 13.4. The van der Waals surface area contributed by atoms with E-state index in [1.165, 1.54) is 13.2 Å². The van der Waals surface area contributed by atoms with Crippen molar-refractivity contribution < 1.29 is 57.2 Å². The average Bonchev–Trinajstić information content (AvgIpc) is 3.59. The van der Waals surface area contributed by atoms with E-state index in [4.69, 9.17) is 23.7 Å². The van der Waals surface area contributed by atoms with Crippen LogP contribution in [0.15, 0.2) is 54.6 Å². The fourth-order valence-corrected chi connectivity index (χ4v) is 6.69. The number of benzene rings is 3. The highest BCUT2D eigenvalue weighted by atomic mass is 16.5. The number of hydrogen-bond acceptors (Lipinski definition) is 13. The second-order valence-corrected chi connectivity index (χ2v) is 13.1. The Morgan fingerprint density at radius 3 is 2.14 bits per heavy atom. The number of fused-ring (bicyclic) bond motifs is 2. The molecule has 6 rings (SSSR count). The van der Waals surface area contributed by atoms with Crippen molar-refractivity contribution in [1.29, 1.82) is 0 Å². The molecule has 1 unspecified atom stereocenters. The lowest BCUT2D eigenvalue weighted by Gasteiger charge is -2.27. The number of hydrogen-bond donors (Lipinski definition) is 3. The Balaban J connectivity index is 0.853. The van der Waals surface area contributed by atoms with Crippen molar-refractivity contribution in [1.82, 2.24) is 15.1 Å². The first-order chi connectivity index (χ1) is 27.6. The number of methoxy groups -OCH3 is 1. The van der Waals surface area contributed by atoms with Crippen molar-refractivity contribution in [3.8, 4) is 11.5 Å². The number of rotatable bonds is 20. The van der Waals surface area contributed by atoms with Gasteiger partial charge in [-0.25, -0.2) is 0 Å². The molecule has 0 bridgehead atoms. The SMILES string of the molecule is CCOc1cc(CN2C(=O)c3cccc(NC(=O)CCOCCOCCOCCNc4cccc5c4C(=O)N(C4CCC(=O)NC4=O)C5=O)c3C2=O)ccc1OC. The number of amides is 7. The smallest absolute Gasteiger partial charge is 0.264 e. The summed E-state index contributed by atoms with van der Waals surface area (Å²) in [5.41, 5.74) is 2.06. The Hall–Kier alpha value is -6.17. The molecule has 300 valence electrons. The van der Waals surface area contributed by atoms with Gasteiger partial charge in [0.2, 0.25) is 17.7 Å². The van der Waals surface area contributed by atoms with Gasteiger partial charge in [-0.15, -0.1) is 0 Å². The number of nitrogens with zero attached hydrogens (tertiary/aromatic N) is 2. The molecule has 3 aromatic rings. The van der Waals surface area contributed by atoms with E-state index >= 15 is 0 Å². The minimum atomic E-state index is -1.04. The van der Waals surface area contributed by atoms with Gasteiger partial charge in [0, 0.05) is 18.7 Å². The fourth-order valence-electron chi connectivity index (χ4n) is 6.69. The van der Waals surface area contributed by atoms with E-state index in [2.05, 4.69) is 16.0 Å². The first-order valence-electron chi connectivity index (χ1n) is 18.5. The molecule has 1 saturated heterocycles. The lowest BCUT2D eigenvalue weighted by Crippen LogP contribution is -2.54. The Labute approximate surface area is 327 Å². The molecule has 0 spiro atoms. The van der Waals surface area contributed by atoms with Crippen LogP contribution in [0.1, 0.15) is 73.2 Å². The van der Waals surface area contributed by atoms with Crippen molar-refractivity contribution >= 4 is 52.7 Å². The quantitative estimate of drug-likeness (QED) is 0.111. The summed E-state index contributed by atoms with van der Waals surface area (Å²) in [4.78, 5) is 91.5. The molecule has 57 heavy (non-hydrogen) atoms. The van der Waals surface area contributed by atoms with Crippen LogP contribution in [0.3, 0.4) is 0 Å². The van der Waals surface area contributed by atoms with E-state index < -0.39 is 41.5 Å². The van der Waals surface area contributed by atoms with Crippen molar-refractivity contribution in [2.24, 2.45) is 0 Å². The number of carbonyl (C=O) groups excluding carboxylic acids is 7. The van der Waals surface area contributed by atoms with Crippen LogP contribution in [0.4, 0.5) is 11.4 Å². The summed E-state index contributed by atoms with van der Waals surface area (Å²) in [6.07, 6.45) is 0.130. The molecular weight excluding hydrogens is 742 g/mol. The van der Waals surface area contributed by atoms with Crippen LogP contribution in [0.5, 0.6) is 11.5 Å². The lowest BCUT2D eigenvalue weighted by atomic mass is 10.0. The highest BCUT2D eigenvalue weighted by Crippen LogP contribution is 2.34. The third-order valence-corrected chi connectivity index (χ3v) is 9.39. The van der Waals surface area contributed by atoms with Crippen molar-refractivity contribution in [2.75, 3.05) is 70.5 Å². The van der Waals surface area contributed by atoms with E-state index in [-0.39, 0.29) is 99.3 Å².